The van der Waals surface area contributed by atoms with E-state index < -0.39 is 25.2 Å². The largest absolute Gasteiger partial charge is 0.433 e. The van der Waals surface area contributed by atoms with E-state index in [4.69, 9.17) is 8.23 Å². The summed E-state index contributed by atoms with van der Waals surface area (Å²) in [6, 6.07) is 0. The first-order chi connectivity index (χ1) is 10.6. The lowest BCUT2D eigenvalue weighted by molar-refractivity contribution is 0.398. The lowest BCUT2D eigenvalue weighted by atomic mass is 10.4. The Bertz CT molecular complexity index is 643. The topological polar surface area (TPSA) is 18.5 Å². The highest BCUT2D eigenvalue weighted by molar-refractivity contribution is 6.92. The molecule has 0 unspecified atom stereocenters. The second kappa shape index (κ2) is 6.89. The van der Waals surface area contributed by atoms with E-state index >= 15 is 0 Å². The summed E-state index contributed by atoms with van der Waals surface area (Å²) in [6.45, 7) is 13.4. The minimum atomic E-state index is -2.22. The summed E-state index contributed by atoms with van der Waals surface area (Å²) in [5, 5.41) is 2.57. The molecule has 0 spiro atoms. The van der Waals surface area contributed by atoms with E-state index in [2.05, 4.69) is 81.5 Å². The molecule has 0 aromatic rings. The van der Waals surface area contributed by atoms with Crippen molar-refractivity contribution in [3.05, 3.63) is 64.7 Å². The molecule has 0 amide bonds. The normalized spacial score (nSPS) is 18.2. The third-order valence-electron chi connectivity index (χ3n) is 3.94. The van der Waals surface area contributed by atoms with Crippen molar-refractivity contribution in [1.82, 2.24) is 0 Å². The van der Waals surface area contributed by atoms with Crippen LogP contribution in [0.1, 0.15) is 6.42 Å². The summed E-state index contributed by atoms with van der Waals surface area (Å²) >= 11 is 0. The molecule has 0 aromatic carbocycles. The molecule has 0 fully saturated rings. The van der Waals surface area contributed by atoms with Gasteiger partial charge in [0.05, 0.1) is 0 Å². The predicted octanol–water partition coefficient (Wildman–Crippen LogP) is 5.30. The number of rotatable bonds is 6. The van der Waals surface area contributed by atoms with Gasteiger partial charge in [-0.1, -0.05) is 42.5 Å². The van der Waals surface area contributed by atoms with Crippen molar-refractivity contribution in [2.24, 2.45) is 0 Å². The Kier molecular flexibility index (Phi) is 5.51. The minimum Gasteiger partial charge on any atom is -0.433 e. The maximum atomic E-state index is 6.68. The van der Waals surface area contributed by atoms with E-state index in [0.717, 1.165) is 6.42 Å². The minimum absolute atomic E-state index is 0.980. The van der Waals surface area contributed by atoms with Crippen molar-refractivity contribution < 1.29 is 8.23 Å². The van der Waals surface area contributed by atoms with Crippen LogP contribution >= 0.6 is 0 Å². The molecule has 2 aliphatic rings. The third-order valence-corrected chi connectivity index (χ3v) is 15.3. The van der Waals surface area contributed by atoms with Gasteiger partial charge in [0.15, 0.2) is 0 Å². The Hall–Kier alpha value is -0.949. The highest BCUT2D eigenvalue weighted by atomic mass is 28.5. The van der Waals surface area contributed by atoms with Crippen LogP contribution in [0.15, 0.2) is 64.7 Å². The van der Waals surface area contributed by atoms with Crippen LogP contribution in [0.25, 0.3) is 0 Å². The van der Waals surface area contributed by atoms with Gasteiger partial charge in [0.1, 0.15) is 0 Å². The predicted molar refractivity (Wildman–Crippen MR) is 106 cm³/mol. The van der Waals surface area contributed by atoms with Gasteiger partial charge in [0.25, 0.3) is 0 Å². The lowest BCUT2D eigenvalue weighted by Crippen LogP contribution is -2.53. The summed E-state index contributed by atoms with van der Waals surface area (Å²) in [7, 11) is -6.16. The Balaban J connectivity index is 2.12. The first kappa shape index (κ1) is 18.4. The second-order valence-corrected chi connectivity index (χ2v) is 19.0. The first-order valence-electron chi connectivity index (χ1n) is 8.20. The van der Waals surface area contributed by atoms with Crippen LogP contribution in [0, 0.1) is 0 Å². The Morgan fingerprint density at radius 1 is 0.870 bits per heavy atom. The molecule has 2 nitrogen and oxygen atoms in total. The molecule has 0 atom stereocenters. The van der Waals surface area contributed by atoms with Crippen LogP contribution in [-0.2, 0) is 8.23 Å². The molecule has 5 heteroatoms. The molecular weight excluding hydrogens is 332 g/mol. The monoisotopic (exact) mass is 360 g/mol. The Morgan fingerprint density at radius 2 is 1.57 bits per heavy atom. The summed E-state index contributed by atoms with van der Waals surface area (Å²) in [5.41, 5.74) is 3.32. The highest BCUT2D eigenvalue weighted by Gasteiger charge is 2.42. The van der Waals surface area contributed by atoms with Gasteiger partial charge in [-0.2, -0.15) is 0 Å². The summed E-state index contributed by atoms with van der Waals surface area (Å²) < 4.78 is 13.3. The summed E-state index contributed by atoms with van der Waals surface area (Å²) in [4.78, 5) is 0. The van der Waals surface area contributed by atoms with Crippen LogP contribution in [0.3, 0.4) is 0 Å². The fourth-order valence-corrected chi connectivity index (χ4v) is 16.4. The molecular formula is C18H28O2Si3. The molecule has 0 heterocycles. The Morgan fingerprint density at radius 3 is 2.22 bits per heavy atom. The maximum Gasteiger partial charge on any atom is 0.311 e. The zero-order chi connectivity index (χ0) is 17.1. The van der Waals surface area contributed by atoms with Gasteiger partial charge in [-0.25, -0.2) is 0 Å². The molecule has 0 saturated heterocycles. The van der Waals surface area contributed by atoms with Crippen molar-refractivity contribution in [1.29, 1.82) is 0 Å². The van der Waals surface area contributed by atoms with E-state index in [-0.39, 0.29) is 0 Å². The van der Waals surface area contributed by atoms with E-state index in [9.17, 15) is 0 Å². The van der Waals surface area contributed by atoms with Crippen LogP contribution in [-0.4, -0.2) is 25.2 Å². The van der Waals surface area contributed by atoms with E-state index in [0.29, 0.717) is 0 Å². The van der Waals surface area contributed by atoms with E-state index in [1.54, 1.807) is 0 Å². The van der Waals surface area contributed by atoms with Crippen LogP contribution in [0.4, 0.5) is 0 Å². The first-order valence-corrected chi connectivity index (χ1v) is 16.8. The van der Waals surface area contributed by atoms with Crippen molar-refractivity contribution in [2.45, 2.75) is 45.7 Å². The molecule has 2 aliphatic carbocycles. The second-order valence-electron chi connectivity index (χ2n) is 7.39. The molecule has 0 aromatic heterocycles. The van der Waals surface area contributed by atoms with Crippen molar-refractivity contribution in [3.63, 3.8) is 0 Å². The van der Waals surface area contributed by atoms with E-state index in [1.807, 2.05) is 12.2 Å². The number of hydrogen-bond donors (Lipinski definition) is 0. The van der Waals surface area contributed by atoms with Crippen LogP contribution in [0.5, 0.6) is 0 Å². The average molecular weight is 361 g/mol. The molecule has 124 valence electrons. The van der Waals surface area contributed by atoms with E-state index in [1.165, 1.54) is 10.4 Å². The zero-order valence-electron chi connectivity index (χ0n) is 15.1. The van der Waals surface area contributed by atoms with Gasteiger partial charge < -0.3 is 8.23 Å². The average Bonchev–Trinajstić information content (AvgIpc) is 2.79. The molecule has 0 N–H and O–H groups in total. The molecule has 23 heavy (non-hydrogen) atoms. The van der Waals surface area contributed by atoms with Crippen molar-refractivity contribution >= 4 is 25.2 Å². The van der Waals surface area contributed by atoms with Gasteiger partial charge in [-0.15, -0.1) is 5.73 Å². The quantitative estimate of drug-likeness (QED) is 0.472. The van der Waals surface area contributed by atoms with Gasteiger partial charge in [0, 0.05) is 5.20 Å². The summed E-state index contributed by atoms with van der Waals surface area (Å²) in [5.74, 6) is 0. The van der Waals surface area contributed by atoms with Crippen LogP contribution < -0.4 is 0 Å². The Labute approximate surface area is 144 Å². The maximum absolute atomic E-state index is 6.68. The van der Waals surface area contributed by atoms with Crippen molar-refractivity contribution in [2.75, 3.05) is 0 Å². The van der Waals surface area contributed by atoms with Crippen LogP contribution in [0.2, 0.25) is 39.3 Å². The SMILES string of the molecule is C[Si](C)(O[Si](C)(C)C1=C=CC=C1)O[Si](C)(C)C1=CCC=CC=C1. The molecule has 0 bridgehead atoms. The van der Waals surface area contributed by atoms with Crippen molar-refractivity contribution in [3.8, 4) is 0 Å². The van der Waals surface area contributed by atoms with Gasteiger partial charge >= 0.3 is 8.56 Å². The lowest BCUT2D eigenvalue weighted by Gasteiger charge is -2.39. The molecule has 0 saturated carbocycles. The number of allylic oxidation sites excluding steroid dienone is 9. The summed E-state index contributed by atoms with van der Waals surface area (Å²) in [6.07, 6.45) is 18.0. The molecule has 2 rings (SSSR count). The highest BCUT2D eigenvalue weighted by Crippen LogP contribution is 2.29. The molecule has 0 aliphatic heterocycles. The fourth-order valence-electron chi connectivity index (χ4n) is 3.09. The zero-order valence-corrected chi connectivity index (χ0v) is 18.1. The van der Waals surface area contributed by atoms with Gasteiger partial charge in [-0.05, 0) is 57.0 Å². The third kappa shape index (κ3) is 5.01. The molecule has 0 radical (unpaired) electrons. The fraction of sp³-hybridized carbons (Fsp3) is 0.389. The van der Waals surface area contributed by atoms with Gasteiger partial charge in [0.2, 0.25) is 16.6 Å². The number of hydrogen-bond acceptors (Lipinski definition) is 2. The standard InChI is InChI=1S/C18H28O2Si3/c1-21(2,17-13-9-7-8-10-14-17)19-23(5,6)20-22(3,4)18-15-11-12-16-18/h7-9,11-15H,10H2,1-6H3. The van der Waals surface area contributed by atoms with Gasteiger partial charge in [-0.3, -0.25) is 0 Å². The smallest absolute Gasteiger partial charge is 0.311 e.